The lowest BCUT2D eigenvalue weighted by molar-refractivity contribution is -0.131. The summed E-state index contributed by atoms with van der Waals surface area (Å²) in [6, 6.07) is 28.9. The highest BCUT2D eigenvalue weighted by molar-refractivity contribution is 15.0. The first-order valence-corrected chi connectivity index (χ1v) is 30.0. The fourth-order valence-electron chi connectivity index (χ4n) is 8.11. The van der Waals surface area contributed by atoms with Gasteiger partial charge in [0.15, 0.2) is 6.29 Å². The molecular weight excluding hydrogens is 1330 g/mol. The van der Waals surface area contributed by atoms with Crippen molar-refractivity contribution in [1.82, 2.24) is 15.3 Å². The molecule has 77 heavy (non-hydrogen) atoms. The summed E-state index contributed by atoms with van der Waals surface area (Å²) in [4.78, 5) is 76.7. The summed E-state index contributed by atoms with van der Waals surface area (Å²) in [5.41, 5.74) is 10.5. The van der Waals surface area contributed by atoms with Crippen LogP contribution in [0.3, 0.4) is 0 Å². The number of carboxylic acids is 1. The molecule has 22 heteroatoms. The van der Waals surface area contributed by atoms with Gasteiger partial charge in [0.2, 0.25) is 29.5 Å². The summed E-state index contributed by atoms with van der Waals surface area (Å²) in [5, 5.41) is 22.5. The number of carboxylic acid groups (broad SMARTS) is 1. The van der Waals surface area contributed by atoms with E-state index in [0.29, 0.717) is 73.4 Å². The number of hydrogen-bond donors (Lipinski definition) is 6. The van der Waals surface area contributed by atoms with Crippen molar-refractivity contribution >= 4 is 131 Å². The van der Waals surface area contributed by atoms with Crippen LogP contribution in [0, 0.1) is 0 Å². The van der Waals surface area contributed by atoms with Gasteiger partial charge in [-0.15, -0.1) is 24.0 Å². The van der Waals surface area contributed by atoms with Crippen LogP contribution in [0.5, 0.6) is 5.75 Å². The van der Waals surface area contributed by atoms with Crippen molar-refractivity contribution in [2.75, 3.05) is 47.6 Å². The predicted molar refractivity (Wildman–Crippen MR) is 318 cm³/mol. The summed E-state index contributed by atoms with van der Waals surface area (Å²) in [6.45, 7) is 7.57. The molecule has 0 unspecified atom stereocenters. The molecule has 2 aromatic heterocycles. The highest BCUT2D eigenvalue weighted by atomic mass is 128. The maximum atomic E-state index is 12.4. The minimum atomic E-state index is -0.982. The summed E-state index contributed by atoms with van der Waals surface area (Å²) in [7, 11) is 0. The van der Waals surface area contributed by atoms with E-state index in [1.165, 1.54) is 24.7 Å². The SMILES string of the molecule is CCOC(CNC(=O)c1ccc2c(c1)NC(=O)C2)OCC.CCOc1ccccc1/C=C1/C(=O)Nc2cc(-c3ncco3)ccc21.I.II.O=C1Cc2ccc(-c3ncco3)cc2N1.O=C1Cc2ccc(C(=O)O)cc2N1. The van der Waals surface area contributed by atoms with E-state index >= 15 is 0 Å². The van der Waals surface area contributed by atoms with Gasteiger partial charge in [-0.2, -0.15) is 0 Å². The molecule has 0 atom stereocenters. The Morgan fingerprint density at radius 2 is 1.17 bits per heavy atom. The lowest BCUT2D eigenvalue weighted by Gasteiger charge is -2.17. The number of rotatable bonds is 13. The van der Waals surface area contributed by atoms with Crippen LogP contribution in [-0.4, -0.2) is 83.2 Å². The van der Waals surface area contributed by atoms with E-state index < -0.39 is 12.3 Å². The van der Waals surface area contributed by atoms with E-state index in [4.69, 9.17) is 28.2 Å². The molecule has 0 bridgehead atoms. The zero-order chi connectivity index (χ0) is 54.1. The van der Waals surface area contributed by atoms with Crippen molar-refractivity contribution < 1.29 is 56.9 Å². The van der Waals surface area contributed by atoms with Crippen LogP contribution in [0.1, 0.15) is 69.3 Å². The van der Waals surface area contributed by atoms with Gasteiger partial charge in [0, 0.05) is 107 Å². The number of para-hydroxylation sites is 1. The highest BCUT2D eigenvalue weighted by Crippen LogP contribution is 2.37. The summed E-state index contributed by atoms with van der Waals surface area (Å²) in [6.07, 6.45) is 8.83. The minimum Gasteiger partial charge on any atom is -0.493 e. The Hall–Kier alpha value is -7.01. The second-order valence-electron chi connectivity index (χ2n) is 16.6. The molecule has 4 aliphatic heterocycles. The van der Waals surface area contributed by atoms with Crippen molar-refractivity contribution in [3.63, 3.8) is 0 Å². The first kappa shape index (κ1) is 59.2. The number of amides is 5. The van der Waals surface area contributed by atoms with Crippen LogP contribution in [-0.2, 0) is 47.9 Å². The molecule has 0 spiro atoms. The molecule has 0 saturated carbocycles. The predicted octanol–water partition coefficient (Wildman–Crippen LogP) is 10.6. The van der Waals surface area contributed by atoms with Crippen LogP contribution in [0.2, 0.25) is 0 Å². The van der Waals surface area contributed by atoms with E-state index in [1.807, 2.05) is 87.5 Å². The molecule has 4 aliphatic rings. The third-order valence-electron chi connectivity index (χ3n) is 11.5. The number of halogens is 3. The number of anilines is 4. The number of carbonyl (C=O) groups is 6. The topological polar surface area (TPSA) is 263 Å². The monoisotopic (exact) mass is 1380 g/mol. The largest absolute Gasteiger partial charge is 0.493 e. The standard InChI is InChI=1S/C20H16N2O3.C15H20N2O4.C11H8N2O2.C9H7NO3.I2.HI/c1-2-24-18-6-4-3-5-13(18)11-16-15-8-7-14(20-21-9-10-25-20)12-17(15)22-19(16)23;1-3-20-14(21-4-2)9-16-15(19)11-6-5-10-8-13(18)17-12(10)7-11;14-10-6-7-1-2-8(5-9(7)13-10)11-12-3-4-15-11;11-8-4-5-1-2-6(9(12)13)3-7(5)10-8;1-2;/h3-12H,2H2,1H3,(H,22,23);5-7,14H,3-4,8-9H2,1-2H3,(H,16,19)(H,17,18);1-5H,6H2,(H,13,14);1-3H,4H2,(H,10,11)(H,12,13);;1H/b16-11+;;;;;. The average Bonchev–Trinajstić information content (AvgIpc) is 4.31. The lowest BCUT2D eigenvalue weighted by atomic mass is 10.0. The molecule has 6 heterocycles. The second-order valence-corrected chi connectivity index (χ2v) is 16.6. The third kappa shape index (κ3) is 15.8. The molecule has 19 nitrogen and oxygen atoms in total. The lowest BCUT2D eigenvalue weighted by Crippen LogP contribution is -2.35. The van der Waals surface area contributed by atoms with Gasteiger partial charge in [0.25, 0.3) is 11.8 Å². The smallest absolute Gasteiger partial charge is 0.335 e. The average molecular weight is 1380 g/mol. The Kier molecular flexibility index (Phi) is 22.3. The number of nitrogens with zero attached hydrogens (tertiary/aromatic N) is 2. The van der Waals surface area contributed by atoms with E-state index in [0.717, 1.165) is 56.1 Å². The summed E-state index contributed by atoms with van der Waals surface area (Å²) < 4.78 is 26.9. The number of aromatic nitrogens is 2. The molecule has 0 fully saturated rings. The number of ether oxygens (including phenoxy) is 3. The van der Waals surface area contributed by atoms with Gasteiger partial charge in [0.05, 0.1) is 50.4 Å². The minimum absolute atomic E-state index is 0. The van der Waals surface area contributed by atoms with Gasteiger partial charge in [-0.05, 0) is 98.1 Å². The van der Waals surface area contributed by atoms with Gasteiger partial charge in [-0.25, -0.2) is 14.8 Å². The first-order chi connectivity index (χ1) is 36.9. The number of fused-ring (bicyclic) bond motifs is 4. The molecule has 0 saturated heterocycles. The zero-order valence-electron chi connectivity index (χ0n) is 41.6. The maximum absolute atomic E-state index is 12.4. The van der Waals surface area contributed by atoms with Gasteiger partial charge in [0.1, 0.15) is 18.3 Å². The van der Waals surface area contributed by atoms with Crippen molar-refractivity contribution in [1.29, 1.82) is 0 Å². The molecule has 5 aromatic carbocycles. The number of oxazole rings is 2. The number of carbonyl (C=O) groups excluding carboxylic acids is 5. The molecule has 400 valence electrons. The van der Waals surface area contributed by atoms with Crippen molar-refractivity contribution in [3.05, 3.63) is 161 Å². The fraction of sp³-hybridized carbons (Fsp3) is 0.200. The van der Waals surface area contributed by atoms with Crippen molar-refractivity contribution in [2.45, 2.75) is 46.3 Å². The maximum Gasteiger partial charge on any atom is 0.335 e. The molecule has 11 rings (SSSR count). The van der Waals surface area contributed by atoms with Crippen molar-refractivity contribution in [3.8, 4) is 28.7 Å². The zero-order valence-corrected chi connectivity index (χ0v) is 48.3. The molecule has 6 N–H and O–H groups in total. The summed E-state index contributed by atoms with van der Waals surface area (Å²) >= 11 is 4.24. The molecule has 0 aliphatic carbocycles. The molecule has 7 aromatic rings. The van der Waals surface area contributed by atoms with E-state index in [-0.39, 0.29) is 65.6 Å². The van der Waals surface area contributed by atoms with Gasteiger partial charge < -0.3 is 54.7 Å². The Balaban J connectivity index is 0.000000168. The number of aromatic carboxylic acids is 1. The van der Waals surface area contributed by atoms with Crippen LogP contribution >= 0.6 is 61.2 Å². The third-order valence-corrected chi connectivity index (χ3v) is 11.5. The Morgan fingerprint density at radius 3 is 1.70 bits per heavy atom. The van der Waals surface area contributed by atoms with E-state index in [9.17, 15) is 28.8 Å². The van der Waals surface area contributed by atoms with Gasteiger partial charge >= 0.3 is 5.97 Å². The van der Waals surface area contributed by atoms with Crippen molar-refractivity contribution in [2.24, 2.45) is 0 Å². The molecule has 5 amide bonds. The summed E-state index contributed by atoms with van der Waals surface area (Å²) in [5.74, 6) is 0.422. The number of hydrogen-bond acceptors (Lipinski definition) is 13. The number of nitrogens with one attached hydrogen (secondary N) is 5. The Morgan fingerprint density at radius 1 is 0.662 bits per heavy atom. The van der Waals surface area contributed by atoms with Crippen LogP contribution < -0.4 is 31.3 Å². The van der Waals surface area contributed by atoms with Crippen LogP contribution in [0.4, 0.5) is 22.7 Å². The van der Waals surface area contributed by atoms with Gasteiger partial charge in [-0.1, -0.05) is 42.5 Å². The molecular formula is C55H52I3N7O12. The Labute approximate surface area is 483 Å². The fourth-order valence-corrected chi connectivity index (χ4v) is 8.11. The Bertz CT molecular complexity index is 3250. The highest BCUT2D eigenvalue weighted by Gasteiger charge is 2.26. The van der Waals surface area contributed by atoms with Crippen LogP contribution in [0.15, 0.2) is 131 Å². The first-order valence-electron chi connectivity index (χ1n) is 23.8. The van der Waals surface area contributed by atoms with Crippen LogP contribution in [0.25, 0.3) is 34.6 Å². The number of benzene rings is 5. The quantitative estimate of drug-likeness (QED) is 0.0356. The normalized spacial score (nSPS) is 13.4. The van der Waals surface area contributed by atoms with E-state index in [1.54, 1.807) is 36.7 Å². The molecule has 0 radical (unpaired) electrons. The van der Waals surface area contributed by atoms with Gasteiger partial charge in [-0.3, -0.25) is 24.0 Å². The second kappa shape index (κ2) is 28.9. The van der Waals surface area contributed by atoms with E-state index in [2.05, 4.69) is 73.8 Å².